The van der Waals surface area contributed by atoms with E-state index in [1.807, 2.05) is 18.2 Å². The number of hydrogen-bond donors (Lipinski definition) is 1. The van der Waals surface area contributed by atoms with E-state index in [1.165, 1.54) is 6.08 Å². The lowest BCUT2D eigenvalue weighted by Crippen LogP contribution is -2.10. The van der Waals surface area contributed by atoms with Gasteiger partial charge in [0.25, 0.3) is 0 Å². The highest BCUT2D eigenvalue weighted by molar-refractivity contribution is 5.88. The monoisotopic (exact) mass is 292 g/mol. The zero-order valence-corrected chi connectivity index (χ0v) is 12.5. The molecule has 114 valence electrons. The van der Waals surface area contributed by atoms with Crippen molar-refractivity contribution in [2.75, 3.05) is 27.4 Å². The molecule has 0 bridgehead atoms. The van der Waals surface area contributed by atoms with Gasteiger partial charge in [0.15, 0.2) is 11.5 Å². The first-order valence-electron chi connectivity index (χ1n) is 6.48. The molecule has 0 saturated carbocycles. The average Bonchev–Trinajstić information content (AvgIpc) is 2.52. The summed E-state index contributed by atoms with van der Waals surface area (Å²) >= 11 is 0. The summed E-state index contributed by atoms with van der Waals surface area (Å²) in [7, 11) is 3.15. The molecule has 0 aliphatic heterocycles. The van der Waals surface area contributed by atoms with E-state index in [9.17, 15) is 4.79 Å². The van der Waals surface area contributed by atoms with E-state index in [-0.39, 0.29) is 18.8 Å². The summed E-state index contributed by atoms with van der Waals surface area (Å²) in [6, 6.07) is 5.49. The van der Waals surface area contributed by atoms with Crippen LogP contribution in [0.4, 0.5) is 0 Å². The highest BCUT2D eigenvalue weighted by Crippen LogP contribution is 2.27. The summed E-state index contributed by atoms with van der Waals surface area (Å²) in [5.41, 5.74) is 1.15. The fraction of sp³-hybridized carbons (Fsp3) is 0.312. The van der Waals surface area contributed by atoms with Gasteiger partial charge in [0.2, 0.25) is 0 Å². The standard InChI is InChI=1S/C16H20O5/c1-4-13(11-17)16(18)21-9-5-6-12-7-8-14(19-2)15(10-12)20-3/h4-8,10,17H,9,11H2,1-3H3. The lowest BCUT2D eigenvalue weighted by molar-refractivity contribution is -0.138. The van der Waals surface area contributed by atoms with Gasteiger partial charge in [-0.25, -0.2) is 4.79 Å². The molecule has 0 fully saturated rings. The molecule has 0 saturated heterocycles. The van der Waals surface area contributed by atoms with Gasteiger partial charge in [-0.05, 0) is 30.7 Å². The van der Waals surface area contributed by atoms with Gasteiger partial charge in [0.05, 0.1) is 26.4 Å². The minimum atomic E-state index is -0.517. The van der Waals surface area contributed by atoms with Crippen LogP contribution in [0.2, 0.25) is 0 Å². The Bertz CT molecular complexity index is 531. The maximum absolute atomic E-state index is 11.5. The molecule has 21 heavy (non-hydrogen) atoms. The number of hydrogen-bond acceptors (Lipinski definition) is 5. The molecular formula is C16H20O5. The highest BCUT2D eigenvalue weighted by atomic mass is 16.5. The molecule has 5 nitrogen and oxygen atoms in total. The van der Waals surface area contributed by atoms with Crippen LogP contribution in [-0.2, 0) is 9.53 Å². The number of aliphatic hydroxyl groups is 1. The maximum Gasteiger partial charge on any atom is 0.336 e. The Labute approximate surface area is 124 Å². The van der Waals surface area contributed by atoms with Crippen LogP contribution in [0.1, 0.15) is 12.5 Å². The van der Waals surface area contributed by atoms with Gasteiger partial charge in [-0.3, -0.25) is 0 Å². The van der Waals surface area contributed by atoms with E-state index >= 15 is 0 Å². The fourth-order valence-corrected chi connectivity index (χ4v) is 1.63. The minimum absolute atomic E-state index is 0.129. The van der Waals surface area contributed by atoms with Gasteiger partial charge in [-0.15, -0.1) is 0 Å². The normalized spacial score (nSPS) is 11.5. The van der Waals surface area contributed by atoms with Gasteiger partial charge in [-0.2, -0.15) is 0 Å². The van der Waals surface area contributed by atoms with Crippen LogP contribution in [-0.4, -0.2) is 38.5 Å². The van der Waals surface area contributed by atoms with Gasteiger partial charge in [0.1, 0.15) is 6.61 Å². The topological polar surface area (TPSA) is 65.0 Å². The fourth-order valence-electron chi connectivity index (χ4n) is 1.63. The van der Waals surface area contributed by atoms with Crippen LogP contribution in [0.5, 0.6) is 11.5 Å². The van der Waals surface area contributed by atoms with Gasteiger partial charge in [0, 0.05) is 0 Å². The number of rotatable bonds is 7. The summed E-state index contributed by atoms with van der Waals surface area (Å²) in [5, 5.41) is 8.93. The van der Waals surface area contributed by atoms with Crippen molar-refractivity contribution in [1.82, 2.24) is 0 Å². The second-order valence-corrected chi connectivity index (χ2v) is 4.09. The first kappa shape index (κ1) is 16.8. The Kier molecular flexibility index (Phi) is 7.04. The molecule has 0 atom stereocenters. The van der Waals surface area contributed by atoms with Crippen molar-refractivity contribution in [1.29, 1.82) is 0 Å². The number of allylic oxidation sites excluding steroid dienone is 1. The van der Waals surface area contributed by atoms with Gasteiger partial charge >= 0.3 is 5.97 Å². The second kappa shape index (κ2) is 8.81. The van der Waals surface area contributed by atoms with E-state index < -0.39 is 5.97 Å². The molecule has 0 unspecified atom stereocenters. The molecule has 0 spiro atoms. The van der Waals surface area contributed by atoms with Crippen molar-refractivity contribution < 1.29 is 24.1 Å². The summed E-state index contributed by atoms with van der Waals surface area (Å²) in [6.07, 6.45) is 5.05. The molecule has 0 aliphatic rings. The number of ether oxygens (including phenoxy) is 3. The zero-order valence-electron chi connectivity index (χ0n) is 12.5. The summed E-state index contributed by atoms with van der Waals surface area (Å²) < 4.78 is 15.4. The van der Waals surface area contributed by atoms with Crippen molar-refractivity contribution in [3.8, 4) is 11.5 Å². The quantitative estimate of drug-likeness (QED) is 0.616. The maximum atomic E-state index is 11.5. The van der Waals surface area contributed by atoms with E-state index in [2.05, 4.69) is 0 Å². The van der Waals surface area contributed by atoms with Crippen LogP contribution in [0.3, 0.4) is 0 Å². The van der Waals surface area contributed by atoms with E-state index in [1.54, 1.807) is 33.3 Å². The molecule has 0 aliphatic carbocycles. The SMILES string of the molecule is CC=C(CO)C(=O)OCC=Cc1ccc(OC)c(OC)c1. The number of esters is 1. The lowest BCUT2D eigenvalue weighted by Gasteiger charge is -2.07. The number of carbonyl (C=O) groups excluding carboxylic acids is 1. The van der Waals surface area contributed by atoms with Crippen molar-refractivity contribution in [2.24, 2.45) is 0 Å². The van der Waals surface area contributed by atoms with Crippen LogP contribution in [0.25, 0.3) is 6.08 Å². The first-order chi connectivity index (χ1) is 10.2. The Morgan fingerprint density at radius 1 is 1.24 bits per heavy atom. The van der Waals surface area contributed by atoms with Crippen LogP contribution in [0.15, 0.2) is 35.9 Å². The summed E-state index contributed by atoms with van der Waals surface area (Å²) in [5.74, 6) is 0.770. The van der Waals surface area contributed by atoms with Crippen LogP contribution < -0.4 is 9.47 Å². The molecule has 1 aromatic rings. The minimum Gasteiger partial charge on any atom is -0.493 e. The average molecular weight is 292 g/mol. The lowest BCUT2D eigenvalue weighted by atomic mass is 10.2. The van der Waals surface area contributed by atoms with Crippen molar-refractivity contribution in [3.05, 3.63) is 41.5 Å². The first-order valence-corrected chi connectivity index (χ1v) is 6.48. The number of methoxy groups -OCH3 is 2. The number of aliphatic hydroxyl groups excluding tert-OH is 1. The molecule has 1 aromatic carbocycles. The van der Waals surface area contributed by atoms with Gasteiger partial charge in [-0.1, -0.05) is 18.2 Å². The van der Waals surface area contributed by atoms with Crippen molar-refractivity contribution >= 4 is 12.0 Å². The Hall–Kier alpha value is -2.27. The van der Waals surface area contributed by atoms with Crippen molar-refractivity contribution in [2.45, 2.75) is 6.92 Å². The predicted molar refractivity (Wildman–Crippen MR) is 80.4 cm³/mol. The molecule has 1 rings (SSSR count). The Morgan fingerprint density at radius 3 is 2.52 bits per heavy atom. The van der Waals surface area contributed by atoms with Gasteiger partial charge < -0.3 is 19.3 Å². The summed E-state index contributed by atoms with van der Waals surface area (Å²) in [6.45, 7) is 1.48. The molecule has 0 radical (unpaired) electrons. The zero-order chi connectivity index (χ0) is 15.7. The van der Waals surface area contributed by atoms with E-state index in [0.717, 1.165) is 5.56 Å². The predicted octanol–water partition coefficient (Wildman–Crippen LogP) is 2.20. The second-order valence-electron chi connectivity index (χ2n) is 4.09. The molecule has 0 aromatic heterocycles. The smallest absolute Gasteiger partial charge is 0.336 e. The van der Waals surface area contributed by atoms with Crippen molar-refractivity contribution in [3.63, 3.8) is 0 Å². The third kappa shape index (κ3) is 4.96. The molecule has 5 heteroatoms. The third-order valence-electron chi connectivity index (χ3n) is 2.81. The van der Waals surface area contributed by atoms with Crippen LogP contribution in [0, 0.1) is 0 Å². The Balaban J connectivity index is 2.60. The highest BCUT2D eigenvalue weighted by Gasteiger charge is 2.07. The third-order valence-corrected chi connectivity index (χ3v) is 2.81. The molecule has 1 N–H and O–H groups in total. The number of benzene rings is 1. The molecule has 0 heterocycles. The van der Waals surface area contributed by atoms with E-state index in [0.29, 0.717) is 11.5 Å². The molecule has 0 amide bonds. The number of carbonyl (C=O) groups is 1. The Morgan fingerprint density at radius 2 is 1.95 bits per heavy atom. The largest absolute Gasteiger partial charge is 0.493 e. The van der Waals surface area contributed by atoms with Crippen LogP contribution >= 0.6 is 0 Å². The molecular weight excluding hydrogens is 272 g/mol. The summed E-state index contributed by atoms with van der Waals surface area (Å²) in [4.78, 5) is 11.5. The van der Waals surface area contributed by atoms with E-state index in [4.69, 9.17) is 19.3 Å².